The largest absolute Gasteiger partial charge is 0.359 e. The molecule has 16 heavy (non-hydrogen) atoms. The molecule has 1 atom stereocenters. The molecule has 1 unspecified atom stereocenters. The lowest BCUT2D eigenvalue weighted by atomic mass is 9.82. The van der Waals surface area contributed by atoms with Crippen LogP contribution in [-0.4, -0.2) is 34.3 Å². The van der Waals surface area contributed by atoms with Crippen LogP contribution in [0.5, 0.6) is 0 Å². The van der Waals surface area contributed by atoms with Gasteiger partial charge in [0, 0.05) is 25.0 Å². The van der Waals surface area contributed by atoms with E-state index in [1.54, 1.807) is 4.90 Å². The van der Waals surface area contributed by atoms with Gasteiger partial charge in [0.2, 0.25) is 5.91 Å². The maximum Gasteiger partial charge on any atom is 0.249 e. The number of amides is 1. The lowest BCUT2D eigenvalue weighted by molar-refractivity contribution is -0.140. The molecule has 1 heterocycles. The summed E-state index contributed by atoms with van der Waals surface area (Å²) in [6.07, 6.45) is 3.87. The molecule has 0 N–H and O–H groups in total. The highest BCUT2D eigenvalue weighted by Crippen LogP contribution is 2.33. The van der Waals surface area contributed by atoms with Gasteiger partial charge in [-0.05, 0) is 26.2 Å². The number of hydrogen-bond acceptors (Lipinski definition) is 2. The van der Waals surface area contributed by atoms with Crippen LogP contribution in [0.25, 0.3) is 0 Å². The molecule has 0 bridgehead atoms. The Morgan fingerprint density at radius 2 is 1.56 bits per heavy atom. The molecule has 0 aromatic rings. The molecule has 1 rings (SSSR count). The number of hydrogen-bond donors (Lipinski definition) is 0. The van der Waals surface area contributed by atoms with Crippen molar-refractivity contribution in [3.05, 3.63) is 12.4 Å². The van der Waals surface area contributed by atoms with Gasteiger partial charge in [0.25, 0.3) is 0 Å². The first-order valence-electron chi connectivity index (χ1n) is 5.78. The van der Waals surface area contributed by atoms with Crippen LogP contribution in [-0.2, 0) is 4.79 Å². The van der Waals surface area contributed by atoms with Gasteiger partial charge < -0.3 is 9.80 Å². The Balaban J connectivity index is 3.16. The highest BCUT2D eigenvalue weighted by atomic mass is 16.2. The Morgan fingerprint density at radius 1 is 1.06 bits per heavy atom. The van der Waals surface area contributed by atoms with E-state index < -0.39 is 0 Å². The van der Waals surface area contributed by atoms with Gasteiger partial charge >= 0.3 is 0 Å². The molecule has 0 saturated carbocycles. The average Bonchev–Trinajstić information content (AvgIpc) is 2.05. The predicted octanol–water partition coefficient (Wildman–Crippen LogP) is 2.44. The van der Waals surface area contributed by atoms with Crippen molar-refractivity contribution in [2.24, 2.45) is 5.41 Å². The molecular formula is C13H24N2O. The normalized spacial score (nSPS) is 22.9. The zero-order valence-electron chi connectivity index (χ0n) is 11.5. The van der Waals surface area contributed by atoms with E-state index in [4.69, 9.17) is 0 Å². The molecule has 0 saturated heterocycles. The molecule has 0 aromatic heterocycles. The van der Waals surface area contributed by atoms with Gasteiger partial charge in [0.05, 0.1) is 0 Å². The molecule has 92 valence electrons. The van der Waals surface area contributed by atoms with Gasteiger partial charge in [-0.2, -0.15) is 0 Å². The van der Waals surface area contributed by atoms with Crippen molar-refractivity contribution in [2.75, 3.05) is 7.05 Å². The Labute approximate surface area is 99.1 Å². The summed E-state index contributed by atoms with van der Waals surface area (Å²) in [6.45, 7) is 12.7. The van der Waals surface area contributed by atoms with E-state index in [2.05, 4.69) is 46.4 Å². The van der Waals surface area contributed by atoms with E-state index in [1.165, 1.54) is 0 Å². The van der Waals surface area contributed by atoms with Crippen LogP contribution in [0, 0.1) is 5.41 Å². The molecule has 0 aromatic carbocycles. The smallest absolute Gasteiger partial charge is 0.249 e. The summed E-state index contributed by atoms with van der Waals surface area (Å²) in [5.74, 6) is 0.171. The Hall–Kier alpha value is -0.990. The van der Waals surface area contributed by atoms with E-state index in [9.17, 15) is 4.79 Å². The second-order valence-electron chi connectivity index (χ2n) is 6.59. The van der Waals surface area contributed by atoms with Gasteiger partial charge in [-0.1, -0.05) is 20.8 Å². The average molecular weight is 224 g/mol. The SMILES string of the molecule is CN1C=CN(C(C)(C)C)C(C(C)(C)C)C1=O. The van der Waals surface area contributed by atoms with Crippen molar-refractivity contribution in [3.8, 4) is 0 Å². The van der Waals surface area contributed by atoms with Crippen LogP contribution in [0.3, 0.4) is 0 Å². The Kier molecular flexibility index (Phi) is 3.10. The fourth-order valence-corrected chi connectivity index (χ4v) is 2.04. The molecule has 1 amide bonds. The molecular weight excluding hydrogens is 200 g/mol. The van der Waals surface area contributed by atoms with Crippen molar-refractivity contribution in [1.29, 1.82) is 0 Å². The minimum atomic E-state index is -0.0949. The first-order valence-corrected chi connectivity index (χ1v) is 5.78. The first kappa shape index (κ1) is 13.1. The van der Waals surface area contributed by atoms with E-state index >= 15 is 0 Å². The van der Waals surface area contributed by atoms with Crippen LogP contribution in [0.1, 0.15) is 41.5 Å². The zero-order chi connectivity index (χ0) is 12.7. The third-order valence-electron chi connectivity index (χ3n) is 2.91. The topological polar surface area (TPSA) is 23.6 Å². The van der Waals surface area contributed by atoms with Crippen LogP contribution >= 0.6 is 0 Å². The van der Waals surface area contributed by atoms with Crippen molar-refractivity contribution < 1.29 is 4.79 Å². The number of carbonyl (C=O) groups excluding carboxylic acids is 1. The van der Waals surface area contributed by atoms with Crippen molar-refractivity contribution in [1.82, 2.24) is 9.80 Å². The van der Waals surface area contributed by atoms with E-state index in [0.29, 0.717) is 0 Å². The number of likely N-dealkylation sites (N-methyl/N-ethyl adjacent to an activating group) is 1. The minimum absolute atomic E-state index is 0.0363. The fraction of sp³-hybridized carbons (Fsp3) is 0.769. The van der Waals surface area contributed by atoms with Crippen molar-refractivity contribution in [3.63, 3.8) is 0 Å². The molecule has 3 nitrogen and oxygen atoms in total. The zero-order valence-corrected chi connectivity index (χ0v) is 11.5. The number of nitrogens with zero attached hydrogens (tertiary/aromatic N) is 2. The maximum absolute atomic E-state index is 12.3. The van der Waals surface area contributed by atoms with Gasteiger partial charge in [-0.3, -0.25) is 4.79 Å². The first-order chi connectivity index (χ1) is 7.05. The third kappa shape index (κ3) is 2.39. The highest BCUT2D eigenvalue weighted by Gasteiger charge is 2.42. The second kappa shape index (κ2) is 3.79. The monoisotopic (exact) mass is 224 g/mol. The van der Waals surface area contributed by atoms with E-state index in [-0.39, 0.29) is 22.9 Å². The maximum atomic E-state index is 12.3. The molecule has 0 fully saturated rings. The molecule has 1 aliphatic heterocycles. The van der Waals surface area contributed by atoms with Crippen LogP contribution < -0.4 is 0 Å². The Bertz CT molecular complexity index is 307. The lowest BCUT2D eigenvalue weighted by Crippen LogP contribution is -2.59. The summed E-state index contributed by atoms with van der Waals surface area (Å²) in [7, 11) is 1.82. The number of carbonyl (C=O) groups is 1. The quantitative estimate of drug-likeness (QED) is 0.631. The van der Waals surface area contributed by atoms with Gasteiger partial charge in [-0.15, -0.1) is 0 Å². The molecule has 1 aliphatic rings. The van der Waals surface area contributed by atoms with Gasteiger partial charge in [-0.25, -0.2) is 0 Å². The van der Waals surface area contributed by atoms with Crippen molar-refractivity contribution in [2.45, 2.75) is 53.1 Å². The number of rotatable bonds is 0. The minimum Gasteiger partial charge on any atom is -0.359 e. The Morgan fingerprint density at radius 3 is 1.94 bits per heavy atom. The molecule has 3 heteroatoms. The van der Waals surface area contributed by atoms with Crippen LogP contribution in [0.4, 0.5) is 0 Å². The van der Waals surface area contributed by atoms with E-state index in [1.807, 2.05) is 19.4 Å². The van der Waals surface area contributed by atoms with Crippen LogP contribution in [0.15, 0.2) is 12.4 Å². The standard InChI is InChI=1S/C13H24N2O/c1-12(2,3)10-11(16)14(7)8-9-15(10)13(4,5)6/h8-10H,1-7H3. The molecule has 0 radical (unpaired) electrons. The summed E-state index contributed by atoms with van der Waals surface area (Å²) in [4.78, 5) is 16.1. The van der Waals surface area contributed by atoms with Crippen LogP contribution in [0.2, 0.25) is 0 Å². The summed E-state index contributed by atoms with van der Waals surface area (Å²) in [5.41, 5.74) is -0.102. The third-order valence-corrected chi connectivity index (χ3v) is 2.91. The highest BCUT2D eigenvalue weighted by molar-refractivity contribution is 5.84. The second-order valence-corrected chi connectivity index (χ2v) is 6.59. The summed E-state index contributed by atoms with van der Waals surface area (Å²) >= 11 is 0. The lowest BCUT2D eigenvalue weighted by Gasteiger charge is -2.48. The van der Waals surface area contributed by atoms with E-state index in [0.717, 1.165) is 0 Å². The molecule has 0 aliphatic carbocycles. The van der Waals surface area contributed by atoms with Crippen molar-refractivity contribution >= 4 is 5.91 Å². The fourth-order valence-electron chi connectivity index (χ4n) is 2.04. The summed E-state index contributed by atoms with van der Waals surface area (Å²) in [5, 5.41) is 0. The summed E-state index contributed by atoms with van der Waals surface area (Å²) < 4.78 is 0. The predicted molar refractivity (Wildman–Crippen MR) is 66.7 cm³/mol. The molecule has 0 spiro atoms. The van der Waals surface area contributed by atoms with Gasteiger partial charge in [0.1, 0.15) is 6.04 Å². The summed E-state index contributed by atoms with van der Waals surface area (Å²) in [6, 6.07) is -0.0949. The van der Waals surface area contributed by atoms with Gasteiger partial charge in [0.15, 0.2) is 0 Å².